The number of amides is 1. The fourth-order valence-electron chi connectivity index (χ4n) is 3.46. The molecule has 1 aliphatic heterocycles. The molecule has 0 radical (unpaired) electrons. The van der Waals surface area contributed by atoms with Gasteiger partial charge in [0, 0.05) is 16.3 Å². The van der Waals surface area contributed by atoms with Crippen molar-refractivity contribution in [2.24, 2.45) is 0 Å². The maximum Gasteiger partial charge on any atom is 0.294 e. The SMILES string of the molecule is Cc1ccc(C2=C(O)C(=O)N(c3ccc(Cl)cc3)C2c2ccc(F)cc2)cc1. The molecule has 1 N–H and O–H groups in total. The number of carbonyl (C=O) groups excluding carboxylic acids is 1. The number of hydrogen-bond donors (Lipinski definition) is 1. The van der Waals surface area contributed by atoms with Crippen molar-refractivity contribution in [1.82, 2.24) is 0 Å². The van der Waals surface area contributed by atoms with E-state index in [4.69, 9.17) is 11.6 Å². The average Bonchev–Trinajstić information content (AvgIpc) is 2.95. The van der Waals surface area contributed by atoms with E-state index >= 15 is 0 Å². The molecule has 1 unspecified atom stereocenters. The Labute approximate surface area is 167 Å². The van der Waals surface area contributed by atoms with E-state index in [1.165, 1.54) is 17.0 Å². The monoisotopic (exact) mass is 393 g/mol. The van der Waals surface area contributed by atoms with Gasteiger partial charge in [-0.2, -0.15) is 0 Å². The zero-order chi connectivity index (χ0) is 19.8. The molecule has 4 rings (SSSR count). The van der Waals surface area contributed by atoms with Gasteiger partial charge in [0.2, 0.25) is 0 Å². The van der Waals surface area contributed by atoms with Crippen LogP contribution in [0.25, 0.3) is 5.57 Å². The van der Waals surface area contributed by atoms with Gasteiger partial charge in [-0.1, -0.05) is 53.6 Å². The molecule has 3 aromatic rings. The summed E-state index contributed by atoms with van der Waals surface area (Å²) in [5.41, 5.74) is 3.59. The summed E-state index contributed by atoms with van der Waals surface area (Å²) in [6, 6.07) is 19.8. The maximum atomic E-state index is 13.5. The zero-order valence-corrected chi connectivity index (χ0v) is 15.8. The summed E-state index contributed by atoms with van der Waals surface area (Å²) in [6.45, 7) is 1.97. The number of nitrogens with zero attached hydrogens (tertiary/aromatic N) is 1. The Bertz CT molecular complexity index is 1060. The summed E-state index contributed by atoms with van der Waals surface area (Å²) in [5, 5.41) is 11.3. The minimum atomic E-state index is -0.586. The summed E-state index contributed by atoms with van der Waals surface area (Å²) >= 11 is 5.99. The highest BCUT2D eigenvalue weighted by atomic mass is 35.5. The highest BCUT2D eigenvalue weighted by molar-refractivity contribution is 6.30. The van der Waals surface area contributed by atoms with Gasteiger partial charge in [0.25, 0.3) is 5.91 Å². The van der Waals surface area contributed by atoms with Gasteiger partial charge >= 0.3 is 0 Å². The molecule has 1 aliphatic rings. The Morgan fingerprint density at radius 2 is 1.54 bits per heavy atom. The van der Waals surface area contributed by atoms with E-state index in [9.17, 15) is 14.3 Å². The minimum absolute atomic E-state index is 0.312. The quantitative estimate of drug-likeness (QED) is 0.606. The number of anilines is 1. The summed E-state index contributed by atoms with van der Waals surface area (Å²) < 4.78 is 13.5. The minimum Gasteiger partial charge on any atom is -0.503 e. The van der Waals surface area contributed by atoms with Crippen LogP contribution in [-0.2, 0) is 4.79 Å². The van der Waals surface area contributed by atoms with Crippen molar-refractivity contribution in [3.8, 4) is 0 Å². The Balaban J connectivity index is 1.90. The number of carbonyl (C=O) groups is 1. The fourth-order valence-corrected chi connectivity index (χ4v) is 3.59. The third-order valence-corrected chi connectivity index (χ3v) is 5.11. The number of aryl methyl sites for hydroxylation is 1. The van der Waals surface area contributed by atoms with E-state index < -0.39 is 11.9 Å². The lowest BCUT2D eigenvalue weighted by molar-refractivity contribution is -0.117. The second-order valence-corrected chi connectivity index (χ2v) is 7.17. The molecule has 0 spiro atoms. The Kier molecular flexibility index (Phi) is 4.65. The number of hydrogen-bond acceptors (Lipinski definition) is 2. The van der Waals surface area contributed by atoms with Gasteiger partial charge in [-0.25, -0.2) is 4.39 Å². The molecule has 0 fully saturated rings. The van der Waals surface area contributed by atoms with E-state index in [0.717, 1.165) is 11.1 Å². The van der Waals surface area contributed by atoms with E-state index in [1.54, 1.807) is 36.4 Å². The van der Waals surface area contributed by atoms with Gasteiger partial charge in [-0.3, -0.25) is 9.69 Å². The van der Waals surface area contributed by atoms with Crippen LogP contribution < -0.4 is 4.90 Å². The van der Waals surface area contributed by atoms with Crippen LogP contribution >= 0.6 is 11.6 Å². The van der Waals surface area contributed by atoms with Crippen LogP contribution in [0.2, 0.25) is 5.02 Å². The molecule has 0 saturated carbocycles. The number of aliphatic hydroxyl groups is 1. The van der Waals surface area contributed by atoms with Crippen molar-refractivity contribution in [1.29, 1.82) is 0 Å². The van der Waals surface area contributed by atoms with Crippen LogP contribution in [0, 0.1) is 12.7 Å². The molecule has 0 saturated heterocycles. The number of benzene rings is 3. The Morgan fingerprint density at radius 3 is 2.14 bits per heavy atom. The third-order valence-electron chi connectivity index (χ3n) is 4.86. The van der Waals surface area contributed by atoms with Crippen LogP contribution in [-0.4, -0.2) is 11.0 Å². The molecule has 28 heavy (non-hydrogen) atoms. The van der Waals surface area contributed by atoms with Crippen LogP contribution in [0.5, 0.6) is 0 Å². The lowest BCUT2D eigenvalue weighted by Crippen LogP contribution is -2.30. The Hall–Kier alpha value is -3.11. The predicted molar refractivity (Wildman–Crippen MR) is 109 cm³/mol. The first-order chi connectivity index (χ1) is 13.5. The van der Waals surface area contributed by atoms with Gasteiger partial charge in [0.15, 0.2) is 5.76 Å². The van der Waals surface area contributed by atoms with Crippen LogP contribution in [0.3, 0.4) is 0 Å². The van der Waals surface area contributed by atoms with Crippen molar-refractivity contribution in [2.75, 3.05) is 4.90 Å². The molecule has 1 heterocycles. The van der Waals surface area contributed by atoms with Gasteiger partial charge in [-0.05, 0) is 54.4 Å². The molecule has 3 aromatic carbocycles. The summed E-state index contributed by atoms with van der Waals surface area (Å²) in [6.07, 6.45) is 0. The maximum absolute atomic E-state index is 13.5. The predicted octanol–water partition coefficient (Wildman–Crippen LogP) is 5.84. The van der Waals surface area contributed by atoms with E-state index in [2.05, 4.69) is 0 Å². The molecule has 0 aliphatic carbocycles. The normalized spacial score (nSPS) is 16.8. The molecule has 140 valence electrons. The van der Waals surface area contributed by atoms with Gasteiger partial charge in [0.05, 0.1) is 6.04 Å². The van der Waals surface area contributed by atoms with Crippen LogP contribution in [0.4, 0.5) is 10.1 Å². The van der Waals surface area contributed by atoms with Crippen molar-refractivity contribution < 1.29 is 14.3 Å². The zero-order valence-electron chi connectivity index (χ0n) is 15.1. The fraction of sp³-hybridized carbons (Fsp3) is 0.0870. The number of aliphatic hydroxyl groups excluding tert-OH is 1. The molecule has 0 bridgehead atoms. The molecule has 3 nitrogen and oxygen atoms in total. The largest absolute Gasteiger partial charge is 0.503 e. The highest BCUT2D eigenvalue weighted by Crippen LogP contribution is 2.45. The topological polar surface area (TPSA) is 40.5 Å². The second-order valence-electron chi connectivity index (χ2n) is 6.73. The van der Waals surface area contributed by atoms with Crippen LogP contribution in [0.1, 0.15) is 22.7 Å². The highest BCUT2D eigenvalue weighted by Gasteiger charge is 2.41. The van der Waals surface area contributed by atoms with E-state index in [1.807, 2.05) is 31.2 Å². The van der Waals surface area contributed by atoms with Gasteiger partial charge < -0.3 is 5.11 Å². The van der Waals surface area contributed by atoms with Crippen molar-refractivity contribution in [2.45, 2.75) is 13.0 Å². The van der Waals surface area contributed by atoms with Gasteiger partial charge in [0.1, 0.15) is 5.82 Å². The molecular formula is C23H17ClFNO2. The average molecular weight is 394 g/mol. The summed E-state index contributed by atoms with van der Waals surface area (Å²) in [4.78, 5) is 14.5. The first-order valence-electron chi connectivity index (χ1n) is 8.80. The van der Waals surface area contributed by atoms with Gasteiger partial charge in [-0.15, -0.1) is 0 Å². The van der Waals surface area contributed by atoms with E-state index in [0.29, 0.717) is 21.8 Å². The van der Waals surface area contributed by atoms with E-state index in [-0.39, 0.29) is 11.6 Å². The lowest BCUT2D eigenvalue weighted by atomic mass is 9.93. The molecular weight excluding hydrogens is 377 g/mol. The molecule has 1 atom stereocenters. The Morgan fingerprint density at radius 1 is 0.929 bits per heavy atom. The first kappa shape index (κ1) is 18.3. The van der Waals surface area contributed by atoms with Crippen molar-refractivity contribution >= 4 is 28.8 Å². The molecule has 0 aromatic heterocycles. The number of rotatable bonds is 3. The number of halogens is 2. The second kappa shape index (κ2) is 7.13. The third kappa shape index (κ3) is 3.16. The molecule has 5 heteroatoms. The standard InChI is InChI=1S/C23H17ClFNO2/c1-14-2-4-15(5-3-14)20-21(16-6-10-18(25)11-7-16)26(23(28)22(20)27)19-12-8-17(24)9-13-19/h2-13,21,27H,1H3. The lowest BCUT2D eigenvalue weighted by Gasteiger charge is -2.27. The van der Waals surface area contributed by atoms with Crippen LogP contribution in [0.15, 0.2) is 78.6 Å². The van der Waals surface area contributed by atoms with Crippen molar-refractivity contribution in [3.63, 3.8) is 0 Å². The smallest absolute Gasteiger partial charge is 0.294 e. The summed E-state index contributed by atoms with van der Waals surface area (Å²) in [7, 11) is 0. The first-order valence-corrected chi connectivity index (χ1v) is 9.18. The van der Waals surface area contributed by atoms with Crippen molar-refractivity contribution in [3.05, 3.63) is 106 Å². The molecule has 1 amide bonds. The summed E-state index contributed by atoms with van der Waals surface area (Å²) in [5.74, 6) is -1.18.